The number of rotatable bonds is 5. The smallest absolute Gasteiger partial charge is 0.0595 e. The molecule has 1 aromatic carbocycles. The Labute approximate surface area is 101 Å². The monoisotopic (exact) mass is 247 g/mol. The van der Waals surface area contributed by atoms with Gasteiger partial charge in [0.1, 0.15) is 0 Å². The van der Waals surface area contributed by atoms with Gasteiger partial charge in [-0.15, -0.1) is 0 Å². The average Bonchev–Trinajstić information content (AvgIpc) is 2.22. The lowest BCUT2D eigenvalue weighted by Crippen LogP contribution is -2.22. The number of hydrogen-bond donors (Lipinski definition) is 1. The molecule has 1 N–H and O–H groups in total. The van der Waals surface area contributed by atoms with Gasteiger partial charge in [-0.25, -0.2) is 0 Å². The molecule has 1 unspecified atom stereocenters. The second kappa shape index (κ2) is 6.33. The summed E-state index contributed by atoms with van der Waals surface area (Å²) in [5, 5.41) is 4.50. The molecule has 0 aliphatic rings. The second-order valence-corrected chi connectivity index (χ2v) is 4.16. The maximum atomic E-state index is 5.93. The van der Waals surface area contributed by atoms with Crippen molar-refractivity contribution in [3.8, 4) is 0 Å². The van der Waals surface area contributed by atoms with E-state index in [2.05, 4.69) is 12.2 Å². The fraction of sp³-hybridized carbons (Fsp3) is 0.455. The highest BCUT2D eigenvalue weighted by Gasteiger charge is 2.06. The van der Waals surface area contributed by atoms with E-state index in [4.69, 9.17) is 27.9 Å². The van der Waals surface area contributed by atoms with Crippen LogP contribution in [0.15, 0.2) is 18.2 Å². The normalized spacial score (nSPS) is 12.8. The summed E-state index contributed by atoms with van der Waals surface area (Å²) in [7, 11) is 1.69. The number of nitrogens with one attached hydrogen (secondary N) is 1. The van der Waals surface area contributed by atoms with Crippen LogP contribution < -0.4 is 5.32 Å². The van der Waals surface area contributed by atoms with Crippen molar-refractivity contribution in [2.45, 2.75) is 13.0 Å². The summed E-state index contributed by atoms with van der Waals surface area (Å²) in [5.41, 5.74) is 1.13. The zero-order valence-electron chi connectivity index (χ0n) is 8.89. The molecule has 1 aromatic rings. The van der Waals surface area contributed by atoms with Gasteiger partial charge in [0, 0.05) is 19.7 Å². The minimum absolute atomic E-state index is 0.245. The first-order valence-corrected chi connectivity index (χ1v) is 5.58. The molecular weight excluding hydrogens is 233 g/mol. The van der Waals surface area contributed by atoms with Crippen LogP contribution in [0.4, 0.5) is 0 Å². The Balaban J connectivity index is 2.57. The van der Waals surface area contributed by atoms with Crippen molar-refractivity contribution in [3.63, 3.8) is 0 Å². The van der Waals surface area contributed by atoms with Gasteiger partial charge >= 0.3 is 0 Å². The number of hydrogen-bond acceptors (Lipinski definition) is 2. The number of methoxy groups -OCH3 is 1. The van der Waals surface area contributed by atoms with Crippen LogP contribution in [0.1, 0.15) is 18.5 Å². The molecule has 84 valence electrons. The average molecular weight is 248 g/mol. The molecule has 4 heteroatoms. The van der Waals surface area contributed by atoms with E-state index in [1.807, 2.05) is 18.2 Å². The van der Waals surface area contributed by atoms with Gasteiger partial charge in [0.05, 0.1) is 16.7 Å². The van der Waals surface area contributed by atoms with Crippen LogP contribution in [0.5, 0.6) is 0 Å². The molecule has 0 aromatic heterocycles. The summed E-state index contributed by atoms with van der Waals surface area (Å²) < 4.78 is 4.96. The van der Waals surface area contributed by atoms with Gasteiger partial charge < -0.3 is 10.1 Å². The fourth-order valence-electron chi connectivity index (χ4n) is 1.28. The van der Waals surface area contributed by atoms with E-state index in [0.29, 0.717) is 16.7 Å². The SMILES string of the molecule is COCCNC(C)c1ccc(Cl)c(Cl)c1. The number of halogens is 2. The molecule has 0 saturated heterocycles. The molecule has 0 aliphatic carbocycles. The molecule has 1 atom stereocenters. The Bertz CT molecular complexity index is 317. The first-order chi connectivity index (χ1) is 7.15. The third kappa shape index (κ3) is 3.99. The van der Waals surface area contributed by atoms with Crippen molar-refractivity contribution < 1.29 is 4.74 Å². The Morgan fingerprint density at radius 2 is 2.07 bits per heavy atom. The van der Waals surface area contributed by atoms with Crippen LogP contribution in [0.2, 0.25) is 10.0 Å². The minimum Gasteiger partial charge on any atom is -0.383 e. The predicted molar refractivity (Wildman–Crippen MR) is 64.8 cm³/mol. The van der Waals surface area contributed by atoms with Crippen LogP contribution in [0.25, 0.3) is 0 Å². The standard InChI is InChI=1S/C11H15Cl2NO/c1-8(14-5-6-15-2)9-3-4-10(12)11(13)7-9/h3-4,7-8,14H,5-6H2,1-2H3. The topological polar surface area (TPSA) is 21.3 Å². The maximum absolute atomic E-state index is 5.93. The van der Waals surface area contributed by atoms with Crippen molar-refractivity contribution in [2.75, 3.05) is 20.3 Å². The van der Waals surface area contributed by atoms with E-state index in [1.165, 1.54) is 0 Å². The summed E-state index contributed by atoms with van der Waals surface area (Å²) in [4.78, 5) is 0. The van der Waals surface area contributed by atoms with Gasteiger partial charge in [0.15, 0.2) is 0 Å². The van der Waals surface area contributed by atoms with Crippen molar-refractivity contribution in [2.24, 2.45) is 0 Å². The molecule has 0 spiro atoms. The maximum Gasteiger partial charge on any atom is 0.0595 e. The van der Waals surface area contributed by atoms with Gasteiger partial charge in [0.25, 0.3) is 0 Å². The number of benzene rings is 1. The molecule has 0 fully saturated rings. The summed E-state index contributed by atoms with van der Waals surface area (Å²) in [6.07, 6.45) is 0. The molecular formula is C11H15Cl2NO. The van der Waals surface area contributed by atoms with Gasteiger partial charge in [-0.1, -0.05) is 29.3 Å². The predicted octanol–water partition coefficient (Wildman–Crippen LogP) is 3.29. The van der Waals surface area contributed by atoms with Crippen molar-refractivity contribution >= 4 is 23.2 Å². The summed E-state index contributed by atoms with van der Waals surface area (Å²) in [6.45, 7) is 3.60. The minimum atomic E-state index is 0.245. The Hall–Kier alpha value is -0.280. The van der Waals surface area contributed by atoms with E-state index in [1.54, 1.807) is 7.11 Å². The van der Waals surface area contributed by atoms with Gasteiger partial charge in [-0.2, -0.15) is 0 Å². The van der Waals surface area contributed by atoms with Crippen molar-refractivity contribution in [3.05, 3.63) is 33.8 Å². The molecule has 1 rings (SSSR count). The van der Waals surface area contributed by atoms with E-state index in [9.17, 15) is 0 Å². The van der Waals surface area contributed by atoms with E-state index in [0.717, 1.165) is 12.1 Å². The summed E-state index contributed by atoms with van der Waals surface area (Å²) in [6, 6.07) is 5.91. The quantitative estimate of drug-likeness (QED) is 0.807. The molecule has 0 saturated carbocycles. The highest BCUT2D eigenvalue weighted by molar-refractivity contribution is 6.42. The molecule has 0 radical (unpaired) electrons. The van der Waals surface area contributed by atoms with Crippen molar-refractivity contribution in [1.82, 2.24) is 5.32 Å². The molecule has 0 aliphatic heterocycles. The zero-order chi connectivity index (χ0) is 11.3. The third-order valence-electron chi connectivity index (χ3n) is 2.20. The number of ether oxygens (including phenoxy) is 1. The molecule has 0 bridgehead atoms. The fourth-order valence-corrected chi connectivity index (χ4v) is 1.58. The van der Waals surface area contributed by atoms with E-state index >= 15 is 0 Å². The Morgan fingerprint density at radius 1 is 1.33 bits per heavy atom. The van der Waals surface area contributed by atoms with Crippen LogP contribution >= 0.6 is 23.2 Å². The zero-order valence-corrected chi connectivity index (χ0v) is 10.4. The van der Waals surface area contributed by atoms with Crippen LogP contribution in [0, 0.1) is 0 Å². The highest BCUT2D eigenvalue weighted by atomic mass is 35.5. The first kappa shape index (κ1) is 12.8. The second-order valence-electron chi connectivity index (χ2n) is 3.34. The lowest BCUT2D eigenvalue weighted by atomic mass is 10.1. The van der Waals surface area contributed by atoms with E-state index < -0.39 is 0 Å². The van der Waals surface area contributed by atoms with Gasteiger partial charge in [-0.05, 0) is 24.6 Å². The van der Waals surface area contributed by atoms with Crippen molar-refractivity contribution in [1.29, 1.82) is 0 Å². The van der Waals surface area contributed by atoms with Crippen LogP contribution in [-0.4, -0.2) is 20.3 Å². The Morgan fingerprint density at radius 3 is 2.67 bits per heavy atom. The largest absolute Gasteiger partial charge is 0.383 e. The van der Waals surface area contributed by atoms with Crippen LogP contribution in [-0.2, 0) is 4.74 Å². The van der Waals surface area contributed by atoms with Crippen LogP contribution in [0.3, 0.4) is 0 Å². The van der Waals surface area contributed by atoms with E-state index in [-0.39, 0.29) is 6.04 Å². The molecule has 0 amide bonds. The lowest BCUT2D eigenvalue weighted by molar-refractivity contribution is 0.196. The van der Waals surface area contributed by atoms with Gasteiger partial charge in [-0.3, -0.25) is 0 Å². The molecule has 0 heterocycles. The molecule has 2 nitrogen and oxygen atoms in total. The molecule has 15 heavy (non-hydrogen) atoms. The summed E-state index contributed by atoms with van der Waals surface area (Å²) in [5.74, 6) is 0. The third-order valence-corrected chi connectivity index (χ3v) is 2.94. The highest BCUT2D eigenvalue weighted by Crippen LogP contribution is 2.25. The lowest BCUT2D eigenvalue weighted by Gasteiger charge is -2.14. The summed E-state index contributed by atoms with van der Waals surface area (Å²) >= 11 is 11.8. The van der Waals surface area contributed by atoms with Gasteiger partial charge in [0.2, 0.25) is 0 Å². The first-order valence-electron chi connectivity index (χ1n) is 4.82. The Kier molecular flexibility index (Phi) is 5.40.